The number of allylic oxidation sites excluding steroid dienone is 1. The molecule has 2 aromatic carbocycles. The molecular formula is C16H13FN2S. The van der Waals surface area contributed by atoms with Crippen LogP contribution in [0.1, 0.15) is 5.56 Å². The Balaban J connectivity index is 2.36. The van der Waals surface area contributed by atoms with Gasteiger partial charge in [0.15, 0.2) is 0 Å². The molecule has 0 aliphatic heterocycles. The Morgan fingerprint density at radius 3 is 2.30 bits per heavy atom. The van der Waals surface area contributed by atoms with Gasteiger partial charge < -0.3 is 5.32 Å². The third kappa shape index (κ3) is 3.40. The van der Waals surface area contributed by atoms with Crippen molar-refractivity contribution in [3.05, 3.63) is 71.0 Å². The van der Waals surface area contributed by atoms with Gasteiger partial charge in [-0.25, -0.2) is 4.39 Å². The van der Waals surface area contributed by atoms with Gasteiger partial charge in [-0.1, -0.05) is 30.3 Å². The van der Waals surface area contributed by atoms with Gasteiger partial charge in [0.05, 0.1) is 10.6 Å². The second-order valence-corrected chi connectivity index (χ2v) is 4.83. The highest BCUT2D eigenvalue weighted by molar-refractivity contribution is 8.02. The van der Waals surface area contributed by atoms with Crippen LogP contribution in [0, 0.1) is 17.1 Å². The SMILES string of the molecule is CSC(Nc1ccc(F)cc1)=C(C#N)c1ccccc1. The molecule has 2 rings (SSSR count). The first-order valence-electron chi connectivity index (χ1n) is 6.01. The summed E-state index contributed by atoms with van der Waals surface area (Å²) < 4.78 is 12.9. The number of nitrogens with zero attached hydrogens (tertiary/aromatic N) is 1. The highest BCUT2D eigenvalue weighted by Gasteiger charge is 2.08. The molecule has 0 bridgehead atoms. The first-order valence-corrected chi connectivity index (χ1v) is 7.23. The maximum atomic E-state index is 12.9. The van der Waals surface area contributed by atoms with Crippen molar-refractivity contribution in [3.8, 4) is 6.07 Å². The normalized spacial score (nSPS) is 11.4. The van der Waals surface area contributed by atoms with Gasteiger partial charge in [-0.3, -0.25) is 0 Å². The number of rotatable bonds is 4. The van der Waals surface area contributed by atoms with Crippen molar-refractivity contribution in [2.75, 3.05) is 11.6 Å². The van der Waals surface area contributed by atoms with E-state index in [-0.39, 0.29) is 5.82 Å². The molecule has 0 unspecified atom stereocenters. The van der Waals surface area contributed by atoms with Gasteiger partial charge in [-0.2, -0.15) is 5.26 Å². The van der Waals surface area contributed by atoms with E-state index in [1.807, 2.05) is 36.6 Å². The Bertz CT molecular complexity index is 642. The van der Waals surface area contributed by atoms with Crippen molar-refractivity contribution in [2.24, 2.45) is 0 Å². The fourth-order valence-electron chi connectivity index (χ4n) is 1.73. The summed E-state index contributed by atoms with van der Waals surface area (Å²) in [7, 11) is 0. The molecule has 0 spiro atoms. The summed E-state index contributed by atoms with van der Waals surface area (Å²) >= 11 is 1.45. The Kier molecular flexibility index (Phi) is 4.80. The van der Waals surface area contributed by atoms with Crippen molar-refractivity contribution in [3.63, 3.8) is 0 Å². The van der Waals surface area contributed by atoms with Crippen LogP contribution < -0.4 is 5.32 Å². The maximum absolute atomic E-state index is 12.9. The van der Waals surface area contributed by atoms with E-state index in [1.165, 1.54) is 23.9 Å². The zero-order chi connectivity index (χ0) is 14.4. The second kappa shape index (κ2) is 6.78. The van der Waals surface area contributed by atoms with Crippen LogP contribution in [0.4, 0.5) is 10.1 Å². The fourth-order valence-corrected chi connectivity index (χ4v) is 2.32. The minimum absolute atomic E-state index is 0.284. The molecule has 0 heterocycles. The van der Waals surface area contributed by atoms with Crippen molar-refractivity contribution in [2.45, 2.75) is 0 Å². The molecule has 0 saturated heterocycles. The highest BCUT2D eigenvalue weighted by atomic mass is 32.2. The third-order valence-corrected chi connectivity index (χ3v) is 3.42. The van der Waals surface area contributed by atoms with Gasteiger partial charge in [-0.15, -0.1) is 11.8 Å². The van der Waals surface area contributed by atoms with Crippen LogP contribution in [-0.4, -0.2) is 6.26 Å². The Morgan fingerprint density at radius 1 is 1.10 bits per heavy atom. The molecule has 2 aromatic rings. The predicted molar refractivity (Wildman–Crippen MR) is 82.5 cm³/mol. The van der Waals surface area contributed by atoms with Crippen LogP contribution in [0.5, 0.6) is 0 Å². The Hall–Kier alpha value is -2.25. The molecule has 100 valence electrons. The van der Waals surface area contributed by atoms with Crippen LogP contribution in [-0.2, 0) is 0 Å². The second-order valence-electron chi connectivity index (χ2n) is 4.02. The quantitative estimate of drug-likeness (QED) is 0.840. The van der Waals surface area contributed by atoms with E-state index in [9.17, 15) is 9.65 Å². The summed E-state index contributed by atoms with van der Waals surface area (Å²) in [5.41, 5.74) is 2.18. The van der Waals surface area contributed by atoms with E-state index < -0.39 is 0 Å². The van der Waals surface area contributed by atoms with Gasteiger partial charge in [0.1, 0.15) is 11.9 Å². The minimum atomic E-state index is -0.284. The molecule has 4 heteroatoms. The standard InChI is InChI=1S/C16H13FN2S/c1-20-16(19-14-9-7-13(17)8-10-14)15(11-18)12-5-3-2-4-6-12/h2-10,19H,1H3. The predicted octanol–water partition coefficient (Wildman–Crippen LogP) is 4.49. The lowest BCUT2D eigenvalue weighted by Gasteiger charge is -2.11. The summed E-state index contributed by atoms with van der Waals surface area (Å²) in [6.07, 6.45) is 1.89. The summed E-state index contributed by atoms with van der Waals surface area (Å²) in [6, 6.07) is 17.7. The van der Waals surface area contributed by atoms with E-state index in [0.29, 0.717) is 5.57 Å². The first kappa shape index (κ1) is 14.2. The van der Waals surface area contributed by atoms with Crippen LogP contribution in [0.2, 0.25) is 0 Å². The third-order valence-electron chi connectivity index (χ3n) is 2.71. The van der Waals surface area contributed by atoms with Gasteiger partial charge in [0.2, 0.25) is 0 Å². The number of hydrogen-bond acceptors (Lipinski definition) is 3. The summed E-state index contributed by atoms with van der Waals surface area (Å²) in [5, 5.41) is 13.3. The topological polar surface area (TPSA) is 35.8 Å². The summed E-state index contributed by atoms with van der Waals surface area (Å²) in [5.74, 6) is -0.284. The molecule has 0 atom stereocenters. The number of hydrogen-bond donors (Lipinski definition) is 1. The zero-order valence-corrected chi connectivity index (χ0v) is 11.7. The van der Waals surface area contributed by atoms with Crippen LogP contribution in [0.15, 0.2) is 59.6 Å². The van der Waals surface area contributed by atoms with Gasteiger partial charge in [0, 0.05) is 5.69 Å². The lowest BCUT2D eigenvalue weighted by atomic mass is 10.1. The molecule has 2 nitrogen and oxygen atoms in total. The zero-order valence-electron chi connectivity index (χ0n) is 10.9. The summed E-state index contributed by atoms with van der Waals surface area (Å²) in [6.45, 7) is 0. The number of anilines is 1. The van der Waals surface area contributed by atoms with Crippen molar-refractivity contribution in [1.29, 1.82) is 5.26 Å². The van der Waals surface area contributed by atoms with Crippen LogP contribution >= 0.6 is 11.8 Å². The van der Waals surface area contributed by atoms with E-state index in [1.54, 1.807) is 12.1 Å². The first-order chi connectivity index (χ1) is 9.74. The van der Waals surface area contributed by atoms with Crippen molar-refractivity contribution < 1.29 is 4.39 Å². The number of nitrogens with one attached hydrogen (secondary N) is 1. The number of nitriles is 1. The monoisotopic (exact) mass is 284 g/mol. The van der Waals surface area contributed by atoms with Crippen molar-refractivity contribution in [1.82, 2.24) is 0 Å². The van der Waals surface area contributed by atoms with E-state index in [2.05, 4.69) is 11.4 Å². The van der Waals surface area contributed by atoms with Crippen LogP contribution in [0.25, 0.3) is 5.57 Å². The average Bonchev–Trinajstić information content (AvgIpc) is 2.50. The Labute approximate surface area is 121 Å². The molecule has 1 N–H and O–H groups in total. The fraction of sp³-hybridized carbons (Fsp3) is 0.0625. The molecule has 0 aliphatic carbocycles. The lowest BCUT2D eigenvalue weighted by molar-refractivity contribution is 0.628. The van der Waals surface area contributed by atoms with Gasteiger partial charge >= 0.3 is 0 Å². The number of thioether (sulfide) groups is 1. The average molecular weight is 284 g/mol. The molecule has 0 aromatic heterocycles. The number of halogens is 1. The van der Waals surface area contributed by atoms with E-state index in [0.717, 1.165) is 16.3 Å². The summed E-state index contributed by atoms with van der Waals surface area (Å²) in [4.78, 5) is 0. The minimum Gasteiger partial charge on any atom is -0.349 e. The molecule has 20 heavy (non-hydrogen) atoms. The molecule has 0 amide bonds. The van der Waals surface area contributed by atoms with Crippen LogP contribution in [0.3, 0.4) is 0 Å². The van der Waals surface area contributed by atoms with Crippen molar-refractivity contribution >= 4 is 23.0 Å². The van der Waals surface area contributed by atoms with E-state index in [4.69, 9.17) is 0 Å². The van der Waals surface area contributed by atoms with Gasteiger partial charge in [-0.05, 0) is 36.1 Å². The van der Waals surface area contributed by atoms with E-state index >= 15 is 0 Å². The lowest BCUT2D eigenvalue weighted by Crippen LogP contribution is -1.99. The Morgan fingerprint density at radius 2 is 1.75 bits per heavy atom. The smallest absolute Gasteiger partial charge is 0.123 e. The number of benzene rings is 2. The van der Waals surface area contributed by atoms with Gasteiger partial charge in [0.25, 0.3) is 0 Å². The molecular weight excluding hydrogens is 271 g/mol. The highest BCUT2D eigenvalue weighted by Crippen LogP contribution is 2.26. The molecule has 0 saturated carbocycles. The molecule has 0 radical (unpaired) electrons. The maximum Gasteiger partial charge on any atom is 0.123 e. The molecule has 0 fully saturated rings. The largest absolute Gasteiger partial charge is 0.349 e. The molecule has 0 aliphatic rings.